The van der Waals surface area contributed by atoms with Crippen molar-refractivity contribution in [2.45, 2.75) is 52.0 Å². The molecule has 5 nitrogen and oxygen atoms in total. The van der Waals surface area contributed by atoms with Gasteiger partial charge in [-0.25, -0.2) is 13.1 Å². The van der Waals surface area contributed by atoms with Gasteiger partial charge in [0.15, 0.2) is 0 Å². The van der Waals surface area contributed by atoms with E-state index in [0.717, 1.165) is 12.8 Å². The molecule has 1 rings (SSSR count). The third kappa shape index (κ3) is 4.94. The Balaban J connectivity index is 2.49. The van der Waals surface area contributed by atoms with Crippen LogP contribution in [-0.2, 0) is 14.8 Å². The van der Waals surface area contributed by atoms with E-state index in [2.05, 4.69) is 4.72 Å². The molecule has 18 heavy (non-hydrogen) atoms. The lowest BCUT2D eigenvalue weighted by molar-refractivity contribution is -0.140. The van der Waals surface area contributed by atoms with Gasteiger partial charge in [-0.1, -0.05) is 39.5 Å². The quantitative estimate of drug-likeness (QED) is 0.740. The maximum Gasteiger partial charge on any atom is 0.321 e. The van der Waals surface area contributed by atoms with Gasteiger partial charge in [0, 0.05) is 0 Å². The fraction of sp³-hybridized carbons (Fsp3) is 0.917. The lowest BCUT2D eigenvalue weighted by atomic mass is 10.1. The van der Waals surface area contributed by atoms with Crippen LogP contribution in [0.4, 0.5) is 0 Å². The molecule has 0 spiro atoms. The van der Waals surface area contributed by atoms with Crippen LogP contribution in [0.1, 0.15) is 46.0 Å². The minimum Gasteiger partial charge on any atom is -0.480 e. The third-order valence-corrected chi connectivity index (χ3v) is 4.90. The fourth-order valence-corrected chi connectivity index (χ4v) is 3.87. The van der Waals surface area contributed by atoms with Crippen LogP contribution in [-0.4, -0.2) is 31.3 Å². The molecule has 2 N–H and O–H groups in total. The van der Waals surface area contributed by atoms with E-state index in [9.17, 15) is 13.2 Å². The van der Waals surface area contributed by atoms with Crippen molar-refractivity contribution in [2.75, 3.05) is 5.75 Å². The number of hydrogen-bond acceptors (Lipinski definition) is 3. The van der Waals surface area contributed by atoms with Crippen molar-refractivity contribution in [2.24, 2.45) is 11.8 Å². The van der Waals surface area contributed by atoms with Crippen LogP contribution in [0.2, 0.25) is 0 Å². The molecule has 0 aromatic carbocycles. The lowest BCUT2D eigenvalue weighted by Crippen LogP contribution is -2.45. The van der Waals surface area contributed by atoms with Gasteiger partial charge in [-0.15, -0.1) is 0 Å². The summed E-state index contributed by atoms with van der Waals surface area (Å²) < 4.78 is 26.0. The highest BCUT2D eigenvalue weighted by Gasteiger charge is 2.27. The van der Waals surface area contributed by atoms with E-state index in [1.807, 2.05) is 0 Å². The van der Waals surface area contributed by atoms with E-state index < -0.39 is 22.0 Å². The van der Waals surface area contributed by atoms with Crippen LogP contribution in [0.25, 0.3) is 0 Å². The predicted molar refractivity (Wildman–Crippen MR) is 69.8 cm³/mol. The van der Waals surface area contributed by atoms with Crippen LogP contribution < -0.4 is 4.72 Å². The average Bonchev–Trinajstić information content (AvgIpc) is 2.75. The summed E-state index contributed by atoms with van der Waals surface area (Å²) in [5.41, 5.74) is 0. The van der Waals surface area contributed by atoms with Gasteiger partial charge >= 0.3 is 5.97 Å². The maximum absolute atomic E-state index is 11.8. The summed E-state index contributed by atoms with van der Waals surface area (Å²) in [4.78, 5) is 11.0. The Morgan fingerprint density at radius 2 is 1.89 bits per heavy atom. The van der Waals surface area contributed by atoms with E-state index in [4.69, 9.17) is 5.11 Å². The molecule has 106 valence electrons. The molecule has 0 bridgehead atoms. The van der Waals surface area contributed by atoms with Crippen molar-refractivity contribution in [1.82, 2.24) is 4.72 Å². The summed E-state index contributed by atoms with van der Waals surface area (Å²) in [6.07, 6.45) is 5.20. The predicted octanol–water partition coefficient (Wildman–Crippen LogP) is 1.60. The van der Waals surface area contributed by atoms with Crippen molar-refractivity contribution in [3.63, 3.8) is 0 Å². The van der Waals surface area contributed by atoms with E-state index in [1.165, 1.54) is 12.8 Å². The molecule has 6 heteroatoms. The topological polar surface area (TPSA) is 83.5 Å². The van der Waals surface area contributed by atoms with Gasteiger partial charge in [-0.05, 0) is 18.3 Å². The first-order valence-corrected chi connectivity index (χ1v) is 8.20. The van der Waals surface area contributed by atoms with Gasteiger partial charge < -0.3 is 5.11 Å². The van der Waals surface area contributed by atoms with Crippen molar-refractivity contribution in [1.29, 1.82) is 0 Å². The molecule has 0 heterocycles. The Bertz CT molecular complexity index is 372. The second-order valence-corrected chi connectivity index (χ2v) is 7.31. The first-order chi connectivity index (χ1) is 8.32. The number of carbonyl (C=O) groups is 1. The highest BCUT2D eigenvalue weighted by Crippen LogP contribution is 2.27. The molecule has 0 aromatic heterocycles. The van der Waals surface area contributed by atoms with Gasteiger partial charge in [0.05, 0.1) is 5.75 Å². The molecule has 0 unspecified atom stereocenters. The number of carboxylic acids is 1. The number of hydrogen-bond donors (Lipinski definition) is 2. The van der Waals surface area contributed by atoms with Crippen LogP contribution in [0, 0.1) is 11.8 Å². The van der Waals surface area contributed by atoms with Crippen LogP contribution in [0.3, 0.4) is 0 Å². The number of sulfonamides is 1. The van der Waals surface area contributed by atoms with Crippen molar-refractivity contribution < 1.29 is 18.3 Å². The molecule has 0 radical (unpaired) electrons. The molecule has 0 aliphatic heterocycles. The minimum absolute atomic E-state index is 0.0359. The SMILES string of the molecule is CC(C)[C@H](NS(=O)(=O)CCC1CCCC1)C(=O)O. The van der Waals surface area contributed by atoms with Crippen LogP contribution in [0.5, 0.6) is 0 Å². The normalized spacial score (nSPS) is 19.3. The Hall–Kier alpha value is -0.620. The zero-order valence-electron chi connectivity index (χ0n) is 11.1. The highest BCUT2D eigenvalue weighted by atomic mass is 32.2. The number of carboxylic acid groups (broad SMARTS) is 1. The lowest BCUT2D eigenvalue weighted by Gasteiger charge is -2.18. The van der Waals surface area contributed by atoms with Gasteiger partial charge in [0.25, 0.3) is 0 Å². The highest BCUT2D eigenvalue weighted by molar-refractivity contribution is 7.89. The third-order valence-electron chi connectivity index (χ3n) is 3.51. The largest absolute Gasteiger partial charge is 0.480 e. The van der Waals surface area contributed by atoms with E-state index in [-0.39, 0.29) is 11.7 Å². The molecular formula is C12H23NO4S. The molecular weight excluding hydrogens is 254 g/mol. The first kappa shape index (κ1) is 15.4. The Morgan fingerprint density at radius 3 is 2.33 bits per heavy atom. The second-order valence-electron chi connectivity index (χ2n) is 5.44. The Labute approximate surface area is 109 Å². The van der Waals surface area contributed by atoms with Crippen molar-refractivity contribution in [3.05, 3.63) is 0 Å². The summed E-state index contributed by atoms with van der Waals surface area (Å²) in [6, 6.07) is -1.03. The Kier molecular flexibility index (Phi) is 5.59. The molecule has 1 aliphatic rings. The molecule has 1 fully saturated rings. The molecule has 0 saturated heterocycles. The average molecular weight is 277 g/mol. The van der Waals surface area contributed by atoms with Crippen molar-refractivity contribution in [3.8, 4) is 0 Å². The van der Waals surface area contributed by atoms with Gasteiger partial charge in [-0.3, -0.25) is 4.79 Å². The molecule has 1 atom stereocenters. The number of nitrogens with one attached hydrogen (secondary N) is 1. The summed E-state index contributed by atoms with van der Waals surface area (Å²) >= 11 is 0. The summed E-state index contributed by atoms with van der Waals surface area (Å²) in [6.45, 7) is 3.39. The molecule has 0 aromatic rings. The van der Waals surface area contributed by atoms with Gasteiger partial charge in [-0.2, -0.15) is 0 Å². The molecule has 1 saturated carbocycles. The van der Waals surface area contributed by atoms with Crippen molar-refractivity contribution >= 4 is 16.0 Å². The van der Waals surface area contributed by atoms with E-state index in [0.29, 0.717) is 12.3 Å². The van der Waals surface area contributed by atoms with E-state index >= 15 is 0 Å². The molecule has 1 aliphatic carbocycles. The summed E-state index contributed by atoms with van der Waals surface area (Å²) in [5, 5.41) is 8.96. The molecule has 0 amide bonds. The van der Waals surface area contributed by atoms with E-state index in [1.54, 1.807) is 13.8 Å². The fourth-order valence-electron chi connectivity index (χ4n) is 2.34. The number of aliphatic carboxylic acids is 1. The zero-order chi connectivity index (χ0) is 13.8. The monoisotopic (exact) mass is 277 g/mol. The van der Waals surface area contributed by atoms with Crippen LogP contribution >= 0.6 is 0 Å². The summed E-state index contributed by atoms with van der Waals surface area (Å²) in [5.74, 6) is -0.851. The number of rotatable bonds is 7. The standard InChI is InChI=1S/C12H23NO4S/c1-9(2)11(12(14)15)13-18(16,17)8-7-10-5-3-4-6-10/h9-11,13H,3-8H2,1-2H3,(H,14,15)/t11-/m0/s1. The van der Waals surface area contributed by atoms with Gasteiger partial charge in [0.2, 0.25) is 10.0 Å². The minimum atomic E-state index is -3.49. The van der Waals surface area contributed by atoms with Gasteiger partial charge in [0.1, 0.15) is 6.04 Å². The smallest absolute Gasteiger partial charge is 0.321 e. The summed E-state index contributed by atoms with van der Waals surface area (Å²) in [7, 11) is -3.49. The Morgan fingerprint density at radius 1 is 1.33 bits per heavy atom. The zero-order valence-corrected chi connectivity index (χ0v) is 11.9. The first-order valence-electron chi connectivity index (χ1n) is 6.54. The van der Waals surface area contributed by atoms with Crippen LogP contribution in [0.15, 0.2) is 0 Å². The maximum atomic E-state index is 11.8. The second kappa shape index (κ2) is 6.52.